The monoisotopic (exact) mass is 344 g/mol. The van der Waals surface area contributed by atoms with Crippen molar-refractivity contribution < 1.29 is 14.2 Å². The summed E-state index contributed by atoms with van der Waals surface area (Å²) in [6.45, 7) is 7.30. The van der Waals surface area contributed by atoms with Crippen molar-refractivity contribution in [2.75, 3.05) is 38.0 Å². The lowest BCUT2D eigenvalue weighted by molar-refractivity contribution is 0.122. The van der Waals surface area contributed by atoms with Crippen molar-refractivity contribution in [2.24, 2.45) is 7.05 Å². The van der Waals surface area contributed by atoms with Crippen LogP contribution in [0.1, 0.15) is 16.8 Å². The van der Waals surface area contributed by atoms with Crippen LogP contribution in [0.15, 0.2) is 18.2 Å². The summed E-state index contributed by atoms with van der Waals surface area (Å²) in [6, 6.07) is 6.07. The fraction of sp³-hybridized carbons (Fsp3) is 0.500. The average Bonchev–Trinajstić information content (AvgIpc) is 3.19. The number of ether oxygens (including phenoxy) is 3. The van der Waals surface area contributed by atoms with Gasteiger partial charge in [-0.25, -0.2) is 0 Å². The van der Waals surface area contributed by atoms with Crippen molar-refractivity contribution >= 4 is 5.82 Å². The second-order valence-corrected chi connectivity index (χ2v) is 6.40. The molecule has 2 aliphatic rings. The Kier molecular flexibility index (Phi) is 4.50. The molecule has 1 saturated heterocycles. The van der Waals surface area contributed by atoms with Crippen LogP contribution in [0.4, 0.5) is 5.82 Å². The van der Waals surface area contributed by atoms with Crippen LogP contribution in [0.2, 0.25) is 0 Å². The zero-order valence-corrected chi connectivity index (χ0v) is 14.7. The van der Waals surface area contributed by atoms with Crippen molar-refractivity contribution in [3.63, 3.8) is 0 Å². The maximum atomic E-state index is 5.47. The summed E-state index contributed by atoms with van der Waals surface area (Å²) in [5.41, 5.74) is 3.51. The third-order valence-corrected chi connectivity index (χ3v) is 4.69. The molecule has 1 aromatic heterocycles. The van der Waals surface area contributed by atoms with Crippen molar-refractivity contribution in [3.05, 3.63) is 35.0 Å². The summed E-state index contributed by atoms with van der Waals surface area (Å²) >= 11 is 0. The molecule has 0 saturated carbocycles. The summed E-state index contributed by atoms with van der Waals surface area (Å²) in [7, 11) is 2.01. The van der Waals surface area contributed by atoms with Crippen LogP contribution in [0.3, 0.4) is 0 Å². The minimum atomic E-state index is 0.310. The van der Waals surface area contributed by atoms with Crippen molar-refractivity contribution in [1.29, 1.82) is 0 Å². The number of morpholine rings is 1. The number of benzene rings is 1. The van der Waals surface area contributed by atoms with Crippen LogP contribution in [-0.4, -0.2) is 42.9 Å². The number of hydrogen-bond acceptors (Lipinski definition) is 6. The van der Waals surface area contributed by atoms with E-state index in [4.69, 9.17) is 14.2 Å². The maximum Gasteiger partial charge on any atom is 0.231 e. The van der Waals surface area contributed by atoms with E-state index in [1.807, 2.05) is 23.9 Å². The van der Waals surface area contributed by atoms with Crippen LogP contribution in [-0.2, 0) is 24.9 Å². The number of nitrogens with zero attached hydrogens (tertiary/aromatic N) is 3. The molecule has 0 spiro atoms. The molecule has 4 rings (SSSR count). The van der Waals surface area contributed by atoms with E-state index in [-0.39, 0.29) is 0 Å². The number of hydrogen-bond donors (Lipinski definition) is 1. The Balaban J connectivity index is 1.44. The van der Waals surface area contributed by atoms with Gasteiger partial charge in [-0.3, -0.25) is 4.68 Å². The summed E-state index contributed by atoms with van der Waals surface area (Å²) in [5.74, 6) is 2.84. The number of anilines is 1. The molecule has 1 N–H and O–H groups in total. The molecule has 3 heterocycles. The molecule has 1 fully saturated rings. The van der Waals surface area contributed by atoms with E-state index in [0.717, 1.165) is 56.6 Å². The lowest BCUT2D eigenvalue weighted by Gasteiger charge is -2.29. The van der Waals surface area contributed by atoms with E-state index in [2.05, 4.69) is 28.3 Å². The van der Waals surface area contributed by atoms with Crippen LogP contribution in [0, 0.1) is 6.92 Å². The third-order valence-electron chi connectivity index (χ3n) is 4.69. The standard InChI is InChI=1S/C18H24N4O3/c1-13-15(18(21(2)20-13)22-5-7-23-8-6-22)11-19-10-14-3-4-16-17(9-14)25-12-24-16/h3-4,9,19H,5-8,10-12H2,1-2H3. The normalized spacial score (nSPS) is 16.5. The Labute approximate surface area is 147 Å². The SMILES string of the molecule is Cc1nn(C)c(N2CCOCC2)c1CNCc1ccc2c(c1)OCO2. The van der Waals surface area contributed by atoms with Gasteiger partial charge in [0.05, 0.1) is 18.9 Å². The van der Waals surface area contributed by atoms with Gasteiger partial charge in [-0.2, -0.15) is 5.10 Å². The van der Waals surface area contributed by atoms with Crippen LogP contribution >= 0.6 is 0 Å². The Morgan fingerprint density at radius 3 is 2.76 bits per heavy atom. The fourth-order valence-electron chi connectivity index (χ4n) is 3.45. The summed E-state index contributed by atoms with van der Waals surface area (Å²) in [5, 5.41) is 8.15. The highest BCUT2D eigenvalue weighted by Gasteiger charge is 2.21. The van der Waals surface area contributed by atoms with E-state index in [1.165, 1.54) is 16.9 Å². The quantitative estimate of drug-likeness (QED) is 0.889. The van der Waals surface area contributed by atoms with Crippen molar-refractivity contribution in [2.45, 2.75) is 20.0 Å². The number of aromatic nitrogens is 2. The highest BCUT2D eigenvalue weighted by molar-refractivity contribution is 5.50. The highest BCUT2D eigenvalue weighted by Crippen LogP contribution is 2.32. The molecule has 2 aromatic rings. The van der Waals surface area contributed by atoms with Gasteiger partial charge in [-0.1, -0.05) is 6.07 Å². The maximum absolute atomic E-state index is 5.47. The molecule has 2 aliphatic heterocycles. The molecule has 25 heavy (non-hydrogen) atoms. The van der Waals surface area contributed by atoms with E-state index >= 15 is 0 Å². The highest BCUT2D eigenvalue weighted by atomic mass is 16.7. The average molecular weight is 344 g/mol. The molecular weight excluding hydrogens is 320 g/mol. The third kappa shape index (κ3) is 3.29. The number of nitrogens with one attached hydrogen (secondary N) is 1. The molecule has 0 aliphatic carbocycles. The van der Waals surface area contributed by atoms with E-state index < -0.39 is 0 Å². The fourth-order valence-corrected chi connectivity index (χ4v) is 3.45. The van der Waals surface area contributed by atoms with E-state index in [0.29, 0.717) is 6.79 Å². The summed E-state index contributed by atoms with van der Waals surface area (Å²) < 4.78 is 18.3. The van der Waals surface area contributed by atoms with Crippen molar-refractivity contribution in [3.8, 4) is 11.5 Å². The Bertz CT molecular complexity index is 753. The summed E-state index contributed by atoms with van der Waals surface area (Å²) in [6.07, 6.45) is 0. The lowest BCUT2D eigenvalue weighted by Crippen LogP contribution is -2.38. The molecule has 0 atom stereocenters. The van der Waals surface area contributed by atoms with Gasteiger partial charge < -0.3 is 24.4 Å². The van der Waals surface area contributed by atoms with Gasteiger partial charge in [0.15, 0.2) is 11.5 Å². The molecule has 134 valence electrons. The summed E-state index contributed by atoms with van der Waals surface area (Å²) in [4.78, 5) is 2.36. The van der Waals surface area contributed by atoms with E-state index in [9.17, 15) is 0 Å². The Hall–Kier alpha value is -2.25. The van der Waals surface area contributed by atoms with Gasteiger partial charge in [-0.05, 0) is 24.6 Å². The minimum Gasteiger partial charge on any atom is -0.454 e. The van der Waals surface area contributed by atoms with Gasteiger partial charge in [0, 0.05) is 38.8 Å². The van der Waals surface area contributed by atoms with Gasteiger partial charge in [0.25, 0.3) is 0 Å². The van der Waals surface area contributed by atoms with Crippen LogP contribution in [0.25, 0.3) is 0 Å². The zero-order valence-electron chi connectivity index (χ0n) is 14.7. The first-order valence-electron chi connectivity index (χ1n) is 8.67. The number of aryl methyl sites for hydroxylation is 2. The number of fused-ring (bicyclic) bond motifs is 1. The Morgan fingerprint density at radius 2 is 1.92 bits per heavy atom. The zero-order chi connectivity index (χ0) is 17.2. The topological polar surface area (TPSA) is 60.8 Å². The van der Waals surface area contributed by atoms with E-state index in [1.54, 1.807) is 0 Å². The molecule has 7 nitrogen and oxygen atoms in total. The molecule has 0 bridgehead atoms. The second kappa shape index (κ2) is 6.93. The molecule has 0 radical (unpaired) electrons. The van der Waals surface area contributed by atoms with Crippen LogP contribution < -0.4 is 19.7 Å². The molecule has 0 amide bonds. The predicted octanol–water partition coefficient (Wildman–Crippen LogP) is 1.58. The van der Waals surface area contributed by atoms with Gasteiger partial charge in [-0.15, -0.1) is 0 Å². The van der Waals surface area contributed by atoms with Gasteiger partial charge in [0.2, 0.25) is 6.79 Å². The first kappa shape index (κ1) is 16.2. The molecule has 0 unspecified atom stereocenters. The second-order valence-electron chi connectivity index (χ2n) is 6.40. The smallest absolute Gasteiger partial charge is 0.231 e. The van der Waals surface area contributed by atoms with Gasteiger partial charge in [0.1, 0.15) is 5.82 Å². The minimum absolute atomic E-state index is 0.310. The first-order valence-corrected chi connectivity index (χ1v) is 8.67. The Morgan fingerprint density at radius 1 is 1.12 bits per heavy atom. The lowest BCUT2D eigenvalue weighted by atomic mass is 10.2. The largest absolute Gasteiger partial charge is 0.454 e. The van der Waals surface area contributed by atoms with Gasteiger partial charge >= 0.3 is 0 Å². The molecule has 1 aromatic carbocycles. The first-order chi connectivity index (χ1) is 12.2. The van der Waals surface area contributed by atoms with Crippen LogP contribution in [0.5, 0.6) is 11.5 Å². The van der Waals surface area contributed by atoms with Crippen molar-refractivity contribution in [1.82, 2.24) is 15.1 Å². The number of rotatable bonds is 5. The predicted molar refractivity (Wildman–Crippen MR) is 94.1 cm³/mol. The molecular formula is C18H24N4O3. The molecule has 7 heteroatoms.